The highest BCUT2D eigenvalue weighted by atomic mass is 16.3. The molecule has 0 aromatic heterocycles. The minimum atomic E-state index is -0.119. The van der Waals surface area contributed by atoms with Crippen molar-refractivity contribution in [2.45, 2.75) is 57.7 Å². The summed E-state index contributed by atoms with van der Waals surface area (Å²) in [6.07, 6.45) is 6.69. The summed E-state index contributed by atoms with van der Waals surface area (Å²) in [5, 5.41) is 15.9. The Morgan fingerprint density at radius 3 is 2.52 bits per heavy atom. The lowest BCUT2D eigenvalue weighted by molar-refractivity contribution is -0.0441. The molecule has 1 aromatic carbocycles. The van der Waals surface area contributed by atoms with Gasteiger partial charge >= 0.3 is 6.03 Å². The first-order chi connectivity index (χ1) is 13.0. The number of allylic oxidation sites excluding steroid dienone is 1. The van der Waals surface area contributed by atoms with Gasteiger partial charge in [-0.05, 0) is 50.7 Å². The molecule has 3 N–H and O–H groups in total. The molecule has 0 unspecified atom stereocenters. The van der Waals surface area contributed by atoms with Gasteiger partial charge in [-0.15, -0.1) is 0 Å². The van der Waals surface area contributed by atoms with Gasteiger partial charge in [0.2, 0.25) is 0 Å². The van der Waals surface area contributed by atoms with Gasteiger partial charge in [0.25, 0.3) is 0 Å². The van der Waals surface area contributed by atoms with Crippen LogP contribution in [0.1, 0.15) is 50.7 Å². The molecule has 5 nitrogen and oxygen atoms in total. The fraction of sp³-hybridized carbons (Fsp3) is 0.591. The Bertz CT molecular complexity index is 652. The van der Waals surface area contributed by atoms with Crippen LogP contribution in [-0.2, 0) is 0 Å². The molecule has 1 heterocycles. The summed E-state index contributed by atoms with van der Waals surface area (Å²) < 4.78 is 0. The number of urea groups is 1. The van der Waals surface area contributed by atoms with Crippen LogP contribution in [-0.4, -0.2) is 53.9 Å². The number of hydrogen-bond acceptors (Lipinski definition) is 3. The number of rotatable bonds is 8. The topological polar surface area (TPSA) is 64.6 Å². The lowest BCUT2D eigenvalue weighted by Gasteiger charge is -2.55. The fourth-order valence-electron chi connectivity index (χ4n) is 4.12. The fourth-order valence-corrected chi connectivity index (χ4v) is 4.12. The summed E-state index contributed by atoms with van der Waals surface area (Å²) in [6, 6.07) is 8.95. The molecular weight excluding hydrogens is 338 g/mol. The van der Waals surface area contributed by atoms with Crippen LogP contribution in [0.3, 0.4) is 0 Å². The summed E-state index contributed by atoms with van der Waals surface area (Å²) in [5.41, 5.74) is 2.42. The number of nitrogens with zero attached hydrogens (tertiary/aromatic N) is 1. The summed E-state index contributed by atoms with van der Waals surface area (Å²) >= 11 is 0. The highest BCUT2D eigenvalue weighted by Gasteiger charge is 2.49. The van der Waals surface area contributed by atoms with Gasteiger partial charge in [0, 0.05) is 37.1 Å². The van der Waals surface area contributed by atoms with Gasteiger partial charge < -0.3 is 15.7 Å². The van der Waals surface area contributed by atoms with Crippen molar-refractivity contribution in [2.24, 2.45) is 5.92 Å². The Balaban J connectivity index is 1.72. The highest BCUT2D eigenvalue weighted by Crippen LogP contribution is 2.43. The average Bonchev–Trinajstić information content (AvgIpc) is 3.43. The molecular formula is C22H33N3O2. The van der Waals surface area contributed by atoms with E-state index in [0.29, 0.717) is 6.54 Å². The van der Waals surface area contributed by atoms with Gasteiger partial charge in [0.15, 0.2) is 0 Å². The number of benzene rings is 1. The maximum Gasteiger partial charge on any atom is 0.315 e. The SMILES string of the molecule is C/C=C/c1ccc([C@H]2[C@@H](CO)N(CC3CC3)[C@@H]2CNC(=O)NC(C)C)cc1. The van der Waals surface area contributed by atoms with Crippen LogP contribution in [0, 0.1) is 5.92 Å². The number of likely N-dealkylation sites (tertiary alicyclic amines) is 1. The van der Waals surface area contributed by atoms with Gasteiger partial charge in [0.05, 0.1) is 6.61 Å². The second-order valence-corrected chi connectivity index (χ2v) is 8.16. The first-order valence-electron chi connectivity index (χ1n) is 10.2. The molecule has 0 spiro atoms. The van der Waals surface area contributed by atoms with Crippen LogP contribution in [0.15, 0.2) is 30.3 Å². The molecule has 1 aliphatic carbocycles. The van der Waals surface area contributed by atoms with E-state index in [1.807, 2.05) is 26.8 Å². The molecule has 3 atom stereocenters. The third-order valence-electron chi connectivity index (χ3n) is 5.61. The number of carbonyl (C=O) groups excluding carboxylic acids is 1. The lowest BCUT2D eigenvalue weighted by atomic mass is 9.74. The van der Waals surface area contributed by atoms with Crippen LogP contribution in [0.4, 0.5) is 4.79 Å². The third kappa shape index (κ3) is 4.90. The van der Waals surface area contributed by atoms with Crippen LogP contribution < -0.4 is 10.6 Å². The Kier molecular flexibility index (Phi) is 6.55. The van der Waals surface area contributed by atoms with E-state index in [2.05, 4.69) is 45.9 Å². The van der Waals surface area contributed by atoms with Crippen molar-refractivity contribution in [3.8, 4) is 0 Å². The summed E-state index contributed by atoms with van der Waals surface area (Å²) in [5.74, 6) is 0.997. The first-order valence-corrected chi connectivity index (χ1v) is 10.2. The predicted molar refractivity (Wildman–Crippen MR) is 110 cm³/mol. The quantitative estimate of drug-likeness (QED) is 0.658. The first kappa shape index (κ1) is 19.9. The van der Waals surface area contributed by atoms with Gasteiger partial charge in [0.1, 0.15) is 0 Å². The van der Waals surface area contributed by atoms with Gasteiger partial charge in [-0.25, -0.2) is 4.79 Å². The number of carbonyl (C=O) groups is 1. The standard InChI is InChI=1S/C22H33N3O2/c1-4-5-16-8-10-18(11-9-16)21-19(12-23-22(27)24-15(2)3)25(20(21)14-26)13-17-6-7-17/h4-5,8-11,15,17,19-21,26H,6-7,12-14H2,1-3H3,(H2,23,24,27)/b5-4+/t19-,20-,21-/m1/s1. The molecule has 1 aromatic rings. The van der Waals surface area contributed by atoms with Crippen LogP contribution in [0.25, 0.3) is 6.08 Å². The van der Waals surface area contributed by atoms with Crippen molar-refractivity contribution in [2.75, 3.05) is 19.7 Å². The van der Waals surface area contributed by atoms with Gasteiger partial charge in [-0.1, -0.05) is 36.4 Å². The molecule has 5 heteroatoms. The molecule has 0 bridgehead atoms. The largest absolute Gasteiger partial charge is 0.395 e. The van der Waals surface area contributed by atoms with E-state index in [1.165, 1.54) is 24.0 Å². The molecule has 2 amide bonds. The second-order valence-electron chi connectivity index (χ2n) is 8.16. The van der Waals surface area contributed by atoms with E-state index in [1.54, 1.807) is 0 Å². The van der Waals surface area contributed by atoms with Crippen LogP contribution >= 0.6 is 0 Å². The van der Waals surface area contributed by atoms with E-state index < -0.39 is 0 Å². The number of amides is 2. The Hall–Kier alpha value is -1.85. The van der Waals surface area contributed by atoms with Crippen molar-refractivity contribution >= 4 is 12.1 Å². The Morgan fingerprint density at radius 2 is 1.96 bits per heavy atom. The second kappa shape index (κ2) is 8.89. The van der Waals surface area contributed by atoms with E-state index in [0.717, 1.165) is 12.5 Å². The number of hydrogen-bond donors (Lipinski definition) is 3. The van der Waals surface area contributed by atoms with Crippen molar-refractivity contribution in [1.82, 2.24) is 15.5 Å². The van der Waals surface area contributed by atoms with Gasteiger partial charge in [-0.2, -0.15) is 0 Å². The molecule has 1 saturated carbocycles. The van der Waals surface area contributed by atoms with Crippen LogP contribution in [0.5, 0.6) is 0 Å². The smallest absolute Gasteiger partial charge is 0.315 e. The summed E-state index contributed by atoms with van der Waals surface area (Å²) in [7, 11) is 0. The minimum absolute atomic E-state index is 0.119. The molecule has 0 radical (unpaired) electrons. The van der Waals surface area contributed by atoms with E-state index >= 15 is 0 Å². The predicted octanol–water partition coefficient (Wildman–Crippen LogP) is 2.97. The lowest BCUT2D eigenvalue weighted by Crippen LogP contribution is -2.67. The zero-order valence-electron chi connectivity index (χ0n) is 16.7. The van der Waals surface area contributed by atoms with E-state index in [-0.39, 0.29) is 36.7 Å². The number of aliphatic hydroxyl groups is 1. The highest BCUT2D eigenvalue weighted by molar-refractivity contribution is 5.74. The number of aliphatic hydroxyl groups excluding tert-OH is 1. The Morgan fingerprint density at radius 1 is 1.26 bits per heavy atom. The monoisotopic (exact) mass is 371 g/mol. The molecule has 3 rings (SSSR count). The van der Waals surface area contributed by atoms with Crippen molar-refractivity contribution in [3.05, 3.63) is 41.5 Å². The third-order valence-corrected chi connectivity index (χ3v) is 5.61. The summed E-state index contributed by atoms with van der Waals surface area (Å²) in [4.78, 5) is 14.5. The van der Waals surface area contributed by atoms with Crippen molar-refractivity contribution in [3.63, 3.8) is 0 Å². The van der Waals surface area contributed by atoms with Crippen molar-refractivity contribution < 1.29 is 9.90 Å². The van der Waals surface area contributed by atoms with Crippen molar-refractivity contribution in [1.29, 1.82) is 0 Å². The van der Waals surface area contributed by atoms with Gasteiger partial charge in [-0.3, -0.25) is 4.90 Å². The molecule has 27 heavy (non-hydrogen) atoms. The Labute approximate surface area is 162 Å². The average molecular weight is 372 g/mol. The zero-order chi connectivity index (χ0) is 19.4. The molecule has 2 aliphatic rings. The van der Waals surface area contributed by atoms with E-state index in [9.17, 15) is 9.90 Å². The summed E-state index contributed by atoms with van der Waals surface area (Å²) in [6.45, 7) is 7.71. The van der Waals surface area contributed by atoms with E-state index in [4.69, 9.17) is 0 Å². The molecule has 2 fully saturated rings. The minimum Gasteiger partial charge on any atom is -0.395 e. The molecule has 148 valence electrons. The maximum atomic E-state index is 12.1. The maximum absolute atomic E-state index is 12.1. The molecule has 1 aliphatic heterocycles. The number of nitrogens with one attached hydrogen (secondary N) is 2. The normalized spacial score (nSPS) is 25.6. The molecule has 1 saturated heterocycles. The zero-order valence-corrected chi connectivity index (χ0v) is 16.7. The van der Waals surface area contributed by atoms with Crippen LogP contribution in [0.2, 0.25) is 0 Å².